The van der Waals surface area contributed by atoms with E-state index in [1.165, 1.54) is 18.5 Å². The topological polar surface area (TPSA) is 60.9 Å². The van der Waals surface area contributed by atoms with Crippen LogP contribution in [0.1, 0.15) is 30.1 Å². The zero-order valence-corrected chi connectivity index (χ0v) is 7.58. The summed E-state index contributed by atoms with van der Waals surface area (Å²) in [6, 6.07) is 2.11. The van der Waals surface area contributed by atoms with Gasteiger partial charge < -0.3 is 10.4 Å². The van der Waals surface area contributed by atoms with Crippen molar-refractivity contribution in [3.05, 3.63) is 17.5 Å². The van der Waals surface area contributed by atoms with Crippen LogP contribution in [0.2, 0.25) is 0 Å². The predicted octanol–water partition coefficient (Wildman–Crippen LogP) is 0.369. The van der Waals surface area contributed by atoms with Gasteiger partial charge in [-0.2, -0.15) is 5.10 Å². The van der Waals surface area contributed by atoms with Crippen LogP contribution in [0, 0.1) is 0 Å². The molecule has 3 N–H and O–H groups in total. The van der Waals surface area contributed by atoms with Gasteiger partial charge in [0, 0.05) is 24.7 Å². The van der Waals surface area contributed by atoms with Crippen LogP contribution < -0.4 is 5.32 Å². The highest BCUT2D eigenvalue weighted by atomic mass is 16.3. The molecule has 0 spiro atoms. The lowest BCUT2D eigenvalue weighted by atomic mass is 10.3. The van der Waals surface area contributed by atoms with Crippen LogP contribution in [0.25, 0.3) is 0 Å². The maximum absolute atomic E-state index is 8.56. The zero-order valence-electron chi connectivity index (χ0n) is 7.58. The molecule has 0 unspecified atom stereocenters. The summed E-state index contributed by atoms with van der Waals surface area (Å²) < 4.78 is 0. The molecule has 2 rings (SSSR count). The Morgan fingerprint density at radius 1 is 1.62 bits per heavy atom. The third kappa shape index (κ3) is 2.29. The molecular weight excluding hydrogens is 166 g/mol. The molecule has 72 valence electrons. The summed E-state index contributed by atoms with van der Waals surface area (Å²) >= 11 is 0. The van der Waals surface area contributed by atoms with E-state index in [2.05, 4.69) is 21.6 Å². The Morgan fingerprint density at radius 3 is 3.15 bits per heavy atom. The summed E-state index contributed by atoms with van der Waals surface area (Å²) in [6.45, 7) is 1.59. The van der Waals surface area contributed by atoms with Gasteiger partial charge in [-0.15, -0.1) is 0 Å². The third-order valence-corrected chi connectivity index (χ3v) is 2.25. The standard InChI is InChI=1S/C9H15N3O/c13-4-3-10-6-8-5-9(12-11-8)7-1-2-7/h5,7,10,13H,1-4,6H2,(H,11,12). The first-order valence-corrected chi connectivity index (χ1v) is 4.76. The quantitative estimate of drug-likeness (QED) is 0.575. The van der Waals surface area contributed by atoms with Crippen molar-refractivity contribution in [1.29, 1.82) is 0 Å². The number of nitrogens with one attached hydrogen (secondary N) is 2. The van der Waals surface area contributed by atoms with E-state index in [1.54, 1.807) is 0 Å². The minimum Gasteiger partial charge on any atom is -0.395 e. The third-order valence-electron chi connectivity index (χ3n) is 2.25. The van der Waals surface area contributed by atoms with Crippen LogP contribution in [-0.2, 0) is 6.54 Å². The van der Waals surface area contributed by atoms with Gasteiger partial charge in [-0.25, -0.2) is 0 Å². The van der Waals surface area contributed by atoms with Gasteiger partial charge in [-0.3, -0.25) is 5.10 Å². The molecule has 4 nitrogen and oxygen atoms in total. The van der Waals surface area contributed by atoms with Gasteiger partial charge in [0.2, 0.25) is 0 Å². The van der Waals surface area contributed by atoms with Crippen molar-refractivity contribution in [2.24, 2.45) is 0 Å². The minimum absolute atomic E-state index is 0.184. The Bertz CT molecular complexity index is 268. The van der Waals surface area contributed by atoms with Gasteiger partial charge >= 0.3 is 0 Å². The molecule has 1 aliphatic rings. The first kappa shape index (κ1) is 8.72. The molecular formula is C9H15N3O. The second-order valence-corrected chi connectivity index (χ2v) is 3.49. The first-order valence-electron chi connectivity index (χ1n) is 4.76. The lowest BCUT2D eigenvalue weighted by molar-refractivity contribution is 0.291. The Kier molecular flexibility index (Phi) is 2.61. The number of hydrogen-bond donors (Lipinski definition) is 3. The molecule has 0 aromatic carbocycles. The highest BCUT2D eigenvalue weighted by Crippen LogP contribution is 2.38. The summed E-state index contributed by atoms with van der Waals surface area (Å²) in [5.74, 6) is 0.711. The average molecular weight is 181 g/mol. The first-order chi connectivity index (χ1) is 6.40. The van der Waals surface area contributed by atoms with Gasteiger partial charge in [-0.1, -0.05) is 0 Å². The molecule has 1 aromatic heterocycles. The van der Waals surface area contributed by atoms with Crippen LogP contribution in [0.5, 0.6) is 0 Å². The number of rotatable bonds is 5. The molecule has 4 heteroatoms. The van der Waals surface area contributed by atoms with E-state index in [9.17, 15) is 0 Å². The van der Waals surface area contributed by atoms with Crippen LogP contribution in [-0.4, -0.2) is 28.5 Å². The summed E-state index contributed by atoms with van der Waals surface area (Å²) in [4.78, 5) is 0. The Labute approximate surface area is 77.4 Å². The lowest BCUT2D eigenvalue weighted by Crippen LogP contribution is -2.17. The molecule has 1 heterocycles. The summed E-state index contributed by atoms with van der Waals surface area (Å²) in [7, 11) is 0. The van der Waals surface area contributed by atoms with Gasteiger partial charge in [0.15, 0.2) is 0 Å². The van der Waals surface area contributed by atoms with Crippen LogP contribution >= 0.6 is 0 Å². The number of H-pyrrole nitrogens is 1. The minimum atomic E-state index is 0.184. The fourth-order valence-corrected chi connectivity index (χ4v) is 1.36. The van der Waals surface area contributed by atoms with E-state index in [0.29, 0.717) is 12.5 Å². The molecule has 1 aliphatic carbocycles. The highest BCUT2D eigenvalue weighted by Gasteiger charge is 2.25. The predicted molar refractivity (Wildman–Crippen MR) is 49.4 cm³/mol. The van der Waals surface area contributed by atoms with E-state index < -0.39 is 0 Å². The molecule has 0 radical (unpaired) electrons. The number of aliphatic hydroxyl groups is 1. The second-order valence-electron chi connectivity index (χ2n) is 3.49. The number of hydrogen-bond acceptors (Lipinski definition) is 3. The van der Waals surface area contributed by atoms with Gasteiger partial charge in [-0.05, 0) is 18.9 Å². The molecule has 0 amide bonds. The maximum atomic E-state index is 8.56. The molecule has 0 saturated heterocycles. The number of nitrogens with zero attached hydrogens (tertiary/aromatic N) is 1. The van der Waals surface area contributed by atoms with Gasteiger partial charge in [0.05, 0.1) is 12.3 Å². The SMILES string of the molecule is OCCNCc1cc(C2CC2)n[nH]1. The monoisotopic (exact) mass is 181 g/mol. The normalized spacial score (nSPS) is 16.4. The molecule has 1 fully saturated rings. The van der Waals surface area contributed by atoms with Crippen molar-refractivity contribution in [2.75, 3.05) is 13.2 Å². The molecule has 13 heavy (non-hydrogen) atoms. The smallest absolute Gasteiger partial charge is 0.0656 e. The van der Waals surface area contributed by atoms with Crippen molar-refractivity contribution < 1.29 is 5.11 Å². The van der Waals surface area contributed by atoms with E-state index in [4.69, 9.17) is 5.11 Å². The van der Waals surface area contributed by atoms with Crippen LogP contribution in [0.4, 0.5) is 0 Å². The van der Waals surface area contributed by atoms with Crippen molar-refractivity contribution in [2.45, 2.75) is 25.3 Å². The van der Waals surface area contributed by atoms with E-state index in [1.807, 2.05) is 0 Å². The lowest BCUT2D eigenvalue weighted by Gasteiger charge is -1.97. The molecule has 0 aliphatic heterocycles. The van der Waals surface area contributed by atoms with Crippen molar-refractivity contribution >= 4 is 0 Å². The molecule has 1 saturated carbocycles. The fourth-order valence-electron chi connectivity index (χ4n) is 1.36. The molecule has 1 aromatic rings. The Balaban J connectivity index is 1.82. The van der Waals surface area contributed by atoms with Gasteiger partial charge in [0.1, 0.15) is 0 Å². The summed E-state index contributed by atoms with van der Waals surface area (Å²) in [5.41, 5.74) is 2.30. The Hall–Kier alpha value is -0.870. The number of aromatic nitrogens is 2. The zero-order chi connectivity index (χ0) is 9.10. The van der Waals surface area contributed by atoms with Crippen molar-refractivity contribution in [3.8, 4) is 0 Å². The molecule has 0 bridgehead atoms. The van der Waals surface area contributed by atoms with Gasteiger partial charge in [0.25, 0.3) is 0 Å². The van der Waals surface area contributed by atoms with Crippen molar-refractivity contribution in [1.82, 2.24) is 15.5 Å². The maximum Gasteiger partial charge on any atom is 0.0656 e. The van der Waals surface area contributed by atoms with Crippen molar-refractivity contribution in [3.63, 3.8) is 0 Å². The average Bonchev–Trinajstić information content (AvgIpc) is 2.88. The number of aromatic amines is 1. The Morgan fingerprint density at radius 2 is 2.46 bits per heavy atom. The summed E-state index contributed by atoms with van der Waals surface area (Å²) in [6.07, 6.45) is 2.57. The number of aliphatic hydroxyl groups excluding tert-OH is 1. The van der Waals surface area contributed by atoms with E-state index in [-0.39, 0.29) is 6.61 Å². The van der Waals surface area contributed by atoms with E-state index in [0.717, 1.165) is 12.2 Å². The van der Waals surface area contributed by atoms with Crippen LogP contribution in [0.3, 0.4) is 0 Å². The fraction of sp³-hybridized carbons (Fsp3) is 0.667. The summed E-state index contributed by atoms with van der Waals surface area (Å²) in [5, 5.41) is 18.9. The molecule has 0 atom stereocenters. The largest absolute Gasteiger partial charge is 0.395 e. The second kappa shape index (κ2) is 3.89. The van der Waals surface area contributed by atoms with E-state index >= 15 is 0 Å². The van der Waals surface area contributed by atoms with Crippen LogP contribution in [0.15, 0.2) is 6.07 Å². The highest BCUT2D eigenvalue weighted by molar-refractivity contribution is 5.17.